The number of aryl methyl sites for hydroxylation is 5. The van der Waals surface area contributed by atoms with Gasteiger partial charge in [-0.05, 0) is 58.6 Å². The SMILES string of the molecule is Cc1cc(C)c(S(=O)(=O)N2CCC(Oc3cc(C)nc(C)n3)CC2)c(C)c1. The maximum Gasteiger partial charge on any atom is 0.243 e. The van der Waals surface area contributed by atoms with Crippen molar-refractivity contribution >= 4 is 10.0 Å². The van der Waals surface area contributed by atoms with Crippen LogP contribution in [0.25, 0.3) is 0 Å². The first-order valence-corrected chi connectivity index (χ1v) is 10.7. The zero-order valence-electron chi connectivity index (χ0n) is 16.6. The van der Waals surface area contributed by atoms with Gasteiger partial charge in [-0.25, -0.2) is 13.4 Å². The Labute approximate surface area is 161 Å². The number of nitrogens with zero attached hydrogens (tertiary/aromatic N) is 3. The molecule has 0 saturated carbocycles. The summed E-state index contributed by atoms with van der Waals surface area (Å²) in [4.78, 5) is 9.00. The molecule has 146 valence electrons. The summed E-state index contributed by atoms with van der Waals surface area (Å²) in [6.07, 6.45) is 1.25. The number of ether oxygens (including phenoxy) is 1. The molecule has 0 atom stereocenters. The Morgan fingerprint density at radius 3 is 2.11 bits per heavy atom. The van der Waals surface area contributed by atoms with Gasteiger partial charge in [0.15, 0.2) is 0 Å². The molecular weight excluding hydrogens is 362 g/mol. The van der Waals surface area contributed by atoms with E-state index in [4.69, 9.17) is 4.74 Å². The molecule has 3 rings (SSSR count). The molecule has 0 unspecified atom stereocenters. The van der Waals surface area contributed by atoms with Gasteiger partial charge in [0.2, 0.25) is 15.9 Å². The Morgan fingerprint density at radius 2 is 1.56 bits per heavy atom. The number of piperidine rings is 1. The quantitative estimate of drug-likeness (QED) is 0.803. The first-order chi connectivity index (χ1) is 12.7. The van der Waals surface area contributed by atoms with E-state index < -0.39 is 10.0 Å². The third kappa shape index (κ3) is 4.30. The molecule has 0 bridgehead atoms. The fourth-order valence-corrected chi connectivity index (χ4v) is 5.69. The van der Waals surface area contributed by atoms with Crippen LogP contribution < -0.4 is 4.74 Å². The number of hydrogen-bond donors (Lipinski definition) is 0. The molecule has 1 saturated heterocycles. The van der Waals surface area contributed by atoms with Gasteiger partial charge < -0.3 is 4.74 Å². The van der Waals surface area contributed by atoms with Crippen LogP contribution in [0.4, 0.5) is 0 Å². The topological polar surface area (TPSA) is 72.4 Å². The summed E-state index contributed by atoms with van der Waals surface area (Å²) in [6.45, 7) is 10.3. The number of hydrogen-bond acceptors (Lipinski definition) is 5. The molecule has 0 amide bonds. The van der Waals surface area contributed by atoms with Crippen molar-refractivity contribution in [1.82, 2.24) is 14.3 Å². The molecule has 1 aromatic heterocycles. The van der Waals surface area contributed by atoms with Gasteiger partial charge in [0.1, 0.15) is 11.9 Å². The Morgan fingerprint density at radius 1 is 0.963 bits per heavy atom. The van der Waals surface area contributed by atoms with E-state index in [1.807, 2.05) is 52.8 Å². The van der Waals surface area contributed by atoms with Crippen molar-refractivity contribution < 1.29 is 13.2 Å². The molecule has 1 aliphatic heterocycles. The van der Waals surface area contributed by atoms with Crippen LogP contribution in [0.1, 0.15) is 41.1 Å². The van der Waals surface area contributed by atoms with Crippen molar-refractivity contribution in [3.05, 3.63) is 46.4 Å². The summed E-state index contributed by atoms with van der Waals surface area (Å²) in [6, 6.07) is 5.67. The summed E-state index contributed by atoms with van der Waals surface area (Å²) in [7, 11) is -3.50. The monoisotopic (exact) mass is 389 g/mol. The summed E-state index contributed by atoms with van der Waals surface area (Å²) in [5, 5.41) is 0. The standard InChI is InChI=1S/C20H27N3O3S/c1-13-10-14(2)20(15(3)11-13)27(24,25)23-8-6-18(7-9-23)26-19-12-16(4)21-17(5)22-19/h10-12,18H,6-9H2,1-5H3. The molecule has 2 heterocycles. The zero-order chi connectivity index (χ0) is 19.8. The molecule has 0 spiro atoms. The third-order valence-corrected chi connectivity index (χ3v) is 7.04. The average molecular weight is 390 g/mol. The highest BCUT2D eigenvalue weighted by atomic mass is 32.2. The highest BCUT2D eigenvalue weighted by Crippen LogP contribution is 2.28. The maximum absolute atomic E-state index is 13.2. The van der Waals surface area contributed by atoms with E-state index in [9.17, 15) is 8.42 Å². The zero-order valence-corrected chi connectivity index (χ0v) is 17.4. The second kappa shape index (κ2) is 7.56. The van der Waals surface area contributed by atoms with Crippen LogP contribution >= 0.6 is 0 Å². The normalized spacial score (nSPS) is 16.5. The Kier molecular flexibility index (Phi) is 5.53. The van der Waals surface area contributed by atoms with E-state index in [1.165, 1.54) is 0 Å². The summed E-state index contributed by atoms with van der Waals surface area (Å²) in [5.74, 6) is 1.24. The van der Waals surface area contributed by atoms with Gasteiger partial charge in [0, 0.05) is 24.8 Å². The molecule has 27 heavy (non-hydrogen) atoms. The van der Waals surface area contributed by atoms with Crippen molar-refractivity contribution in [1.29, 1.82) is 0 Å². The minimum absolute atomic E-state index is 0.0367. The Hall–Kier alpha value is -1.99. The second-order valence-electron chi connectivity index (χ2n) is 7.34. The molecule has 1 aliphatic rings. The van der Waals surface area contributed by atoms with Gasteiger partial charge in [0.05, 0.1) is 4.90 Å². The van der Waals surface area contributed by atoms with Crippen LogP contribution in [-0.4, -0.2) is 41.9 Å². The van der Waals surface area contributed by atoms with Crippen molar-refractivity contribution in [2.45, 2.75) is 58.5 Å². The molecular formula is C20H27N3O3S. The first-order valence-electron chi connectivity index (χ1n) is 9.24. The molecule has 7 heteroatoms. The van der Waals surface area contributed by atoms with Crippen LogP contribution in [0.15, 0.2) is 23.1 Å². The smallest absolute Gasteiger partial charge is 0.243 e. The third-order valence-electron chi connectivity index (χ3n) is 4.83. The molecule has 2 aromatic rings. The minimum atomic E-state index is -3.50. The van der Waals surface area contributed by atoms with Crippen molar-refractivity contribution in [3.8, 4) is 5.88 Å². The summed E-state index contributed by atoms with van der Waals surface area (Å²) >= 11 is 0. The maximum atomic E-state index is 13.2. The van der Waals surface area contributed by atoms with Crippen molar-refractivity contribution in [2.24, 2.45) is 0 Å². The molecule has 6 nitrogen and oxygen atoms in total. The Bertz CT molecular complexity index is 906. The van der Waals surface area contributed by atoms with Crippen molar-refractivity contribution in [2.75, 3.05) is 13.1 Å². The lowest BCUT2D eigenvalue weighted by Crippen LogP contribution is -2.42. The largest absolute Gasteiger partial charge is 0.474 e. The van der Waals surface area contributed by atoms with E-state index in [1.54, 1.807) is 4.31 Å². The van der Waals surface area contributed by atoms with Crippen LogP contribution in [0.5, 0.6) is 5.88 Å². The molecule has 0 aliphatic carbocycles. The summed E-state index contributed by atoms with van der Waals surface area (Å²) < 4.78 is 33.9. The predicted molar refractivity (Wildman–Crippen MR) is 105 cm³/mol. The minimum Gasteiger partial charge on any atom is -0.474 e. The first kappa shape index (κ1) is 19.8. The van der Waals surface area contributed by atoms with Gasteiger partial charge in [0.25, 0.3) is 0 Å². The average Bonchev–Trinajstić information content (AvgIpc) is 2.53. The number of rotatable bonds is 4. The molecule has 0 radical (unpaired) electrons. The van der Waals surface area contributed by atoms with E-state index >= 15 is 0 Å². The van der Waals surface area contributed by atoms with Gasteiger partial charge in [-0.15, -0.1) is 0 Å². The van der Waals surface area contributed by atoms with Crippen molar-refractivity contribution in [3.63, 3.8) is 0 Å². The Balaban J connectivity index is 1.71. The van der Waals surface area contributed by atoms with Crippen LogP contribution in [0, 0.1) is 34.6 Å². The van der Waals surface area contributed by atoms with Gasteiger partial charge in [-0.1, -0.05) is 17.7 Å². The highest BCUT2D eigenvalue weighted by molar-refractivity contribution is 7.89. The van der Waals surface area contributed by atoms with Gasteiger partial charge >= 0.3 is 0 Å². The lowest BCUT2D eigenvalue weighted by atomic mass is 10.1. The van der Waals surface area contributed by atoms with Gasteiger partial charge in [-0.2, -0.15) is 9.29 Å². The number of sulfonamides is 1. The lowest BCUT2D eigenvalue weighted by molar-refractivity contribution is 0.129. The fourth-order valence-electron chi connectivity index (χ4n) is 3.81. The predicted octanol–water partition coefficient (Wildman–Crippen LogP) is 3.25. The number of benzene rings is 1. The molecule has 1 aromatic carbocycles. The van der Waals surface area contributed by atoms with Crippen LogP contribution in [-0.2, 0) is 10.0 Å². The fraction of sp³-hybridized carbons (Fsp3) is 0.500. The molecule has 0 N–H and O–H groups in total. The van der Waals surface area contributed by atoms with E-state index in [0.717, 1.165) is 22.4 Å². The lowest BCUT2D eigenvalue weighted by Gasteiger charge is -2.32. The van der Waals surface area contributed by atoms with Gasteiger partial charge in [-0.3, -0.25) is 0 Å². The molecule has 1 fully saturated rings. The summed E-state index contributed by atoms with van der Waals surface area (Å²) in [5.41, 5.74) is 3.55. The van der Waals surface area contributed by atoms with E-state index in [2.05, 4.69) is 9.97 Å². The van der Waals surface area contributed by atoms with E-state index in [0.29, 0.717) is 42.5 Å². The van der Waals surface area contributed by atoms with E-state index in [-0.39, 0.29) is 6.10 Å². The number of aromatic nitrogens is 2. The highest BCUT2D eigenvalue weighted by Gasteiger charge is 2.32. The van der Waals surface area contributed by atoms with Crippen LogP contribution in [0.2, 0.25) is 0 Å². The van der Waals surface area contributed by atoms with Crippen LogP contribution in [0.3, 0.4) is 0 Å². The second-order valence-corrected chi connectivity index (χ2v) is 9.22.